The zero-order valence-electron chi connectivity index (χ0n) is 17.1. The quantitative estimate of drug-likeness (QED) is 0.296. The van der Waals surface area contributed by atoms with E-state index in [0.717, 1.165) is 5.56 Å². The first kappa shape index (κ1) is 22.2. The number of rotatable bonds is 9. The number of nitrogens with zero attached hydrogens (tertiary/aromatic N) is 4. The first-order valence-corrected chi connectivity index (χ1v) is 9.44. The van der Waals surface area contributed by atoms with Gasteiger partial charge in [-0.15, -0.1) is 0 Å². The number of nitro groups is 1. The molecule has 0 spiro atoms. The molecule has 11 heteroatoms. The predicted octanol–water partition coefficient (Wildman–Crippen LogP) is 1.78. The molecule has 3 aromatic rings. The highest BCUT2D eigenvalue weighted by Gasteiger charge is 2.15. The number of nitrogens with two attached hydrogens (primary N) is 1. The maximum absolute atomic E-state index is 12.3. The van der Waals surface area contributed by atoms with Gasteiger partial charge >= 0.3 is 5.82 Å². The number of benzene rings is 2. The van der Waals surface area contributed by atoms with Crippen LogP contribution >= 0.6 is 0 Å². The zero-order valence-corrected chi connectivity index (χ0v) is 17.1. The van der Waals surface area contributed by atoms with Crippen molar-refractivity contribution in [1.82, 2.24) is 15.2 Å². The zero-order chi connectivity index (χ0) is 23.1. The average molecular weight is 436 g/mol. The summed E-state index contributed by atoms with van der Waals surface area (Å²) in [6, 6.07) is 14.9. The Balaban J connectivity index is 1.57. The fourth-order valence-electron chi connectivity index (χ4n) is 2.75. The van der Waals surface area contributed by atoms with Crippen LogP contribution in [-0.2, 0) is 11.3 Å². The van der Waals surface area contributed by atoms with E-state index in [1.807, 2.05) is 0 Å². The molecular weight excluding hydrogens is 416 g/mol. The minimum atomic E-state index is -0.580. The standard InChI is InChI=1S/C21H20N6O5/c1-14-9-20(27(30)31)25-26(14)12-15-5-7-17(8-6-15)21(29)24-23-11-16-3-2-4-18(10-16)32-13-19(22)28/h2-11H,12-13H2,1H3,(H2,22,28)(H,24,29). The van der Waals surface area contributed by atoms with E-state index in [0.29, 0.717) is 29.1 Å². The van der Waals surface area contributed by atoms with Crippen molar-refractivity contribution in [2.75, 3.05) is 6.61 Å². The molecule has 0 radical (unpaired) electrons. The number of ether oxygens (including phenoxy) is 1. The maximum Gasteiger partial charge on any atom is 0.390 e. The number of carbonyl (C=O) groups is 2. The number of amides is 2. The molecule has 3 rings (SSSR count). The van der Waals surface area contributed by atoms with Gasteiger partial charge in [0, 0.05) is 5.56 Å². The second-order valence-corrected chi connectivity index (χ2v) is 6.78. The third kappa shape index (κ3) is 5.98. The maximum atomic E-state index is 12.3. The van der Waals surface area contributed by atoms with Crippen molar-refractivity contribution in [3.05, 3.63) is 87.1 Å². The molecule has 3 N–H and O–H groups in total. The Hall–Kier alpha value is -4.54. The summed E-state index contributed by atoms with van der Waals surface area (Å²) in [5.41, 5.74) is 10.0. The summed E-state index contributed by atoms with van der Waals surface area (Å²) in [4.78, 5) is 33.4. The molecule has 0 bridgehead atoms. The van der Waals surface area contributed by atoms with Crippen LogP contribution in [0.2, 0.25) is 0 Å². The lowest BCUT2D eigenvalue weighted by Gasteiger charge is -2.04. The average Bonchev–Trinajstić information content (AvgIpc) is 3.13. The SMILES string of the molecule is Cc1cc([N+](=O)[O-])nn1Cc1ccc(C(=O)NN=Cc2cccc(OCC(N)=O)c2)cc1. The molecule has 164 valence electrons. The molecule has 0 atom stereocenters. The number of carbonyl (C=O) groups excluding carboxylic acids is 2. The van der Waals surface area contributed by atoms with Crippen molar-refractivity contribution in [3.8, 4) is 5.75 Å². The van der Waals surface area contributed by atoms with E-state index in [4.69, 9.17) is 10.5 Å². The molecule has 0 unspecified atom stereocenters. The number of nitrogens with one attached hydrogen (secondary N) is 1. The minimum Gasteiger partial charge on any atom is -0.484 e. The molecule has 0 aliphatic heterocycles. The Morgan fingerprint density at radius 1 is 1.25 bits per heavy atom. The lowest BCUT2D eigenvalue weighted by molar-refractivity contribution is -0.389. The summed E-state index contributed by atoms with van der Waals surface area (Å²) >= 11 is 0. The van der Waals surface area contributed by atoms with Gasteiger partial charge in [0.2, 0.25) is 0 Å². The Kier molecular flexibility index (Phi) is 6.91. The third-order valence-electron chi connectivity index (χ3n) is 4.32. The number of hydrogen-bond donors (Lipinski definition) is 2. The van der Waals surface area contributed by atoms with Crippen LogP contribution in [-0.4, -0.2) is 39.3 Å². The largest absolute Gasteiger partial charge is 0.484 e. The van der Waals surface area contributed by atoms with Crippen LogP contribution in [0.5, 0.6) is 5.75 Å². The van der Waals surface area contributed by atoms with Crippen molar-refractivity contribution in [3.63, 3.8) is 0 Å². The minimum absolute atomic E-state index is 0.207. The molecule has 11 nitrogen and oxygen atoms in total. The van der Waals surface area contributed by atoms with Crippen molar-refractivity contribution in [2.24, 2.45) is 10.8 Å². The van der Waals surface area contributed by atoms with E-state index in [9.17, 15) is 19.7 Å². The summed E-state index contributed by atoms with van der Waals surface area (Å²) in [5, 5.41) is 18.7. The molecule has 0 aliphatic carbocycles. The number of primary amides is 1. The second-order valence-electron chi connectivity index (χ2n) is 6.78. The van der Waals surface area contributed by atoms with Crippen LogP contribution in [0.25, 0.3) is 0 Å². The molecule has 1 heterocycles. The Bertz CT molecular complexity index is 1170. The van der Waals surface area contributed by atoms with E-state index in [2.05, 4.69) is 15.6 Å². The van der Waals surface area contributed by atoms with Gasteiger partial charge in [-0.25, -0.2) is 5.43 Å². The topological polar surface area (TPSA) is 155 Å². The van der Waals surface area contributed by atoms with Gasteiger partial charge in [0.05, 0.1) is 29.6 Å². The number of aryl methyl sites for hydroxylation is 1. The number of hydrazone groups is 1. The van der Waals surface area contributed by atoms with Gasteiger partial charge in [-0.2, -0.15) is 9.78 Å². The normalized spacial score (nSPS) is 10.8. The molecule has 0 aliphatic rings. The van der Waals surface area contributed by atoms with E-state index < -0.39 is 16.7 Å². The van der Waals surface area contributed by atoms with Gasteiger partial charge in [-0.05, 0) is 47.2 Å². The van der Waals surface area contributed by atoms with Crippen LogP contribution in [0.1, 0.15) is 27.2 Å². The Morgan fingerprint density at radius 3 is 2.66 bits per heavy atom. The second kappa shape index (κ2) is 9.98. The van der Waals surface area contributed by atoms with Gasteiger partial charge in [0.25, 0.3) is 11.8 Å². The van der Waals surface area contributed by atoms with Gasteiger partial charge < -0.3 is 20.6 Å². The molecule has 0 fully saturated rings. The summed E-state index contributed by atoms with van der Waals surface area (Å²) in [6.07, 6.45) is 1.44. The van der Waals surface area contributed by atoms with Crippen LogP contribution < -0.4 is 15.9 Å². The fraction of sp³-hybridized carbons (Fsp3) is 0.143. The van der Waals surface area contributed by atoms with Crippen LogP contribution in [0.3, 0.4) is 0 Å². The first-order chi connectivity index (χ1) is 15.3. The van der Waals surface area contributed by atoms with Crippen molar-refractivity contribution in [1.29, 1.82) is 0 Å². The molecular formula is C21H20N6O5. The summed E-state index contributed by atoms with van der Waals surface area (Å²) < 4.78 is 6.74. The fourth-order valence-corrected chi connectivity index (χ4v) is 2.75. The van der Waals surface area contributed by atoms with Gasteiger partial charge in [0.15, 0.2) is 6.61 Å². The Labute approximate surface area is 182 Å². The highest BCUT2D eigenvalue weighted by molar-refractivity contribution is 5.94. The van der Waals surface area contributed by atoms with Gasteiger partial charge in [-0.1, -0.05) is 24.3 Å². The van der Waals surface area contributed by atoms with E-state index in [1.54, 1.807) is 55.5 Å². The molecule has 2 aromatic carbocycles. The summed E-state index contributed by atoms with van der Waals surface area (Å²) in [7, 11) is 0. The van der Waals surface area contributed by atoms with E-state index >= 15 is 0 Å². The summed E-state index contributed by atoms with van der Waals surface area (Å²) in [5.74, 6) is -0.739. The molecule has 1 aromatic heterocycles. The highest BCUT2D eigenvalue weighted by Crippen LogP contribution is 2.14. The van der Waals surface area contributed by atoms with Gasteiger partial charge in [-0.3, -0.25) is 9.59 Å². The lowest BCUT2D eigenvalue weighted by Crippen LogP contribution is -2.20. The molecule has 0 saturated carbocycles. The summed E-state index contributed by atoms with van der Waals surface area (Å²) in [6.45, 7) is 1.84. The smallest absolute Gasteiger partial charge is 0.390 e. The molecule has 2 amide bonds. The lowest BCUT2D eigenvalue weighted by atomic mass is 10.1. The first-order valence-electron chi connectivity index (χ1n) is 9.44. The van der Waals surface area contributed by atoms with Crippen molar-refractivity contribution < 1.29 is 19.2 Å². The third-order valence-corrected chi connectivity index (χ3v) is 4.32. The van der Waals surface area contributed by atoms with Crippen molar-refractivity contribution >= 4 is 23.8 Å². The predicted molar refractivity (Wildman–Crippen MR) is 115 cm³/mol. The van der Waals surface area contributed by atoms with E-state index in [1.165, 1.54) is 17.0 Å². The number of aromatic nitrogens is 2. The van der Waals surface area contributed by atoms with E-state index in [-0.39, 0.29) is 12.4 Å². The monoisotopic (exact) mass is 436 g/mol. The van der Waals surface area contributed by atoms with Crippen LogP contribution in [0, 0.1) is 17.0 Å². The number of hydrogen-bond acceptors (Lipinski definition) is 7. The van der Waals surface area contributed by atoms with Crippen molar-refractivity contribution in [2.45, 2.75) is 13.5 Å². The molecule has 32 heavy (non-hydrogen) atoms. The van der Waals surface area contributed by atoms with Gasteiger partial charge in [0.1, 0.15) is 5.75 Å². The van der Waals surface area contributed by atoms with Crippen LogP contribution in [0.4, 0.5) is 5.82 Å². The van der Waals surface area contributed by atoms with Crippen LogP contribution in [0.15, 0.2) is 59.7 Å². The molecule has 0 saturated heterocycles. The highest BCUT2D eigenvalue weighted by atomic mass is 16.6. The Morgan fingerprint density at radius 2 is 2.00 bits per heavy atom.